The first-order valence-electron chi connectivity index (χ1n) is 6.19. The summed E-state index contributed by atoms with van der Waals surface area (Å²) >= 11 is 0.986. The van der Waals surface area contributed by atoms with Crippen molar-refractivity contribution in [3.8, 4) is 0 Å². The van der Waals surface area contributed by atoms with Crippen molar-refractivity contribution in [2.45, 2.75) is 37.6 Å². The molecule has 0 aliphatic carbocycles. The number of hydrogen-bond acceptors (Lipinski definition) is 5. The van der Waals surface area contributed by atoms with E-state index in [1.54, 1.807) is 4.57 Å². The van der Waals surface area contributed by atoms with Gasteiger partial charge in [0.15, 0.2) is 5.16 Å². The Balaban J connectivity index is 2.88. The Morgan fingerprint density at radius 1 is 1.43 bits per heavy atom. The SMILES string of the molecule is CC(C)n1c(SCC(=O)O)nnc1N(C)CCC(F)(F)F. The lowest BCUT2D eigenvalue weighted by atomic mass is 10.4. The van der Waals surface area contributed by atoms with E-state index in [1.165, 1.54) is 11.9 Å². The zero-order chi connectivity index (χ0) is 16.2. The molecule has 6 nitrogen and oxygen atoms in total. The Bertz CT molecular complexity index is 490. The molecule has 0 saturated heterocycles. The van der Waals surface area contributed by atoms with Crippen molar-refractivity contribution in [1.29, 1.82) is 0 Å². The highest BCUT2D eigenvalue weighted by Gasteiger charge is 2.28. The second kappa shape index (κ2) is 7.01. The summed E-state index contributed by atoms with van der Waals surface area (Å²) in [6, 6.07) is -0.0976. The third-order valence-electron chi connectivity index (χ3n) is 2.56. The van der Waals surface area contributed by atoms with Crippen LogP contribution < -0.4 is 4.90 Å². The Hall–Kier alpha value is -1.45. The van der Waals surface area contributed by atoms with Crippen molar-refractivity contribution in [1.82, 2.24) is 14.8 Å². The summed E-state index contributed by atoms with van der Waals surface area (Å²) in [6.45, 7) is 3.42. The summed E-state index contributed by atoms with van der Waals surface area (Å²) in [4.78, 5) is 12.0. The molecular weight excluding hydrogens is 309 g/mol. The smallest absolute Gasteiger partial charge is 0.390 e. The number of carboxylic acid groups (broad SMARTS) is 1. The van der Waals surface area contributed by atoms with Crippen LogP contribution in [0.25, 0.3) is 0 Å². The number of nitrogens with zero attached hydrogens (tertiary/aromatic N) is 4. The zero-order valence-corrected chi connectivity index (χ0v) is 12.7. The first-order valence-corrected chi connectivity index (χ1v) is 7.17. The fourth-order valence-corrected chi connectivity index (χ4v) is 2.38. The third kappa shape index (κ3) is 5.44. The van der Waals surface area contributed by atoms with Crippen LogP contribution in [0.1, 0.15) is 26.3 Å². The number of thioether (sulfide) groups is 1. The highest BCUT2D eigenvalue weighted by atomic mass is 32.2. The summed E-state index contributed by atoms with van der Waals surface area (Å²) in [5.74, 6) is -0.885. The van der Waals surface area contributed by atoms with Gasteiger partial charge >= 0.3 is 12.1 Å². The number of carbonyl (C=O) groups is 1. The maximum absolute atomic E-state index is 12.3. The van der Waals surface area contributed by atoms with Crippen LogP contribution in [-0.4, -0.2) is 51.4 Å². The van der Waals surface area contributed by atoms with Gasteiger partial charge in [-0.2, -0.15) is 13.2 Å². The maximum Gasteiger partial charge on any atom is 0.390 e. The molecule has 21 heavy (non-hydrogen) atoms. The number of alkyl halides is 3. The number of aliphatic carboxylic acids is 1. The minimum atomic E-state index is -4.24. The van der Waals surface area contributed by atoms with Gasteiger partial charge in [-0.25, -0.2) is 0 Å². The van der Waals surface area contributed by atoms with Gasteiger partial charge in [-0.1, -0.05) is 11.8 Å². The molecule has 1 aromatic heterocycles. The van der Waals surface area contributed by atoms with Crippen LogP contribution in [0.4, 0.5) is 19.1 Å². The van der Waals surface area contributed by atoms with Crippen LogP contribution in [0.5, 0.6) is 0 Å². The van der Waals surface area contributed by atoms with Crippen LogP contribution in [-0.2, 0) is 4.79 Å². The monoisotopic (exact) mass is 326 g/mol. The highest BCUT2D eigenvalue weighted by Crippen LogP contribution is 2.27. The summed E-state index contributed by atoms with van der Waals surface area (Å²) < 4.78 is 38.4. The van der Waals surface area contributed by atoms with Gasteiger partial charge in [-0.3, -0.25) is 9.36 Å². The average Bonchev–Trinajstić information content (AvgIpc) is 2.76. The Labute approximate surface area is 124 Å². The largest absolute Gasteiger partial charge is 0.481 e. The molecule has 0 bridgehead atoms. The topological polar surface area (TPSA) is 71.2 Å². The Kier molecular flexibility index (Phi) is 5.87. The van der Waals surface area contributed by atoms with E-state index in [2.05, 4.69) is 10.2 Å². The molecule has 0 amide bonds. The number of halogens is 3. The van der Waals surface area contributed by atoms with Crippen molar-refractivity contribution < 1.29 is 23.1 Å². The minimum absolute atomic E-state index is 0.0976. The number of hydrogen-bond donors (Lipinski definition) is 1. The van der Waals surface area contributed by atoms with E-state index in [1.807, 2.05) is 13.8 Å². The molecule has 1 rings (SSSR count). The molecule has 0 atom stereocenters. The number of aromatic nitrogens is 3. The molecule has 0 radical (unpaired) electrons. The lowest BCUT2D eigenvalue weighted by Gasteiger charge is -2.22. The molecule has 0 spiro atoms. The molecular formula is C11H17F3N4O2S. The quantitative estimate of drug-likeness (QED) is 0.776. The van der Waals surface area contributed by atoms with Crippen molar-refractivity contribution in [2.24, 2.45) is 0 Å². The third-order valence-corrected chi connectivity index (χ3v) is 3.49. The summed E-state index contributed by atoms with van der Waals surface area (Å²) in [6.07, 6.45) is -5.19. The van der Waals surface area contributed by atoms with Crippen LogP contribution in [0, 0.1) is 0 Å². The van der Waals surface area contributed by atoms with Crippen LogP contribution >= 0.6 is 11.8 Å². The predicted molar refractivity (Wildman–Crippen MR) is 72.7 cm³/mol. The number of anilines is 1. The number of carboxylic acids is 1. The van der Waals surface area contributed by atoms with Crippen molar-refractivity contribution in [2.75, 3.05) is 24.2 Å². The summed E-state index contributed by atoms with van der Waals surface area (Å²) in [5, 5.41) is 16.8. The second-order valence-electron chi connectivity index (χ2n) is 4.72. The van der Waals surface area contributed by atoms with E-state index in [-0.39, 0.29) is 18.3 Å². The Morgan fingerprint density at radius 3 is 2.52 bits per heavy atom. The van der Waals surface area contributed by atoms with Gasteiger partial charge in [0, 0.05) is 19.6 Å². The van der Waals surface area contributed by atoms with E-state index in [0.29, 0.717) is 11.1 Å². The van der Waals surface area contributed by atoms with E-state index in [9.17, 15) is 18.0 Å². The lowest BCUT2D eigenvalue weighted by Crippen LogP contribution is -2.27. The van der Waals surface area contributed by atoms with E-state index in [0.717, 1.165) is 11.8 Å². The molecule has 0 aliphatic heterocycles. The van der Waals surface area contributed by atoms with Gasteiger partial charge in [0.25, 0.3) is 0 Å². The van der Waals surface area contributed by atoms with Gasteiger partial charge in [-0.15, -0.1) is 10.2 Å². The zero-order valence-electron chi connectivity index (χ0n) is 11.9. The van der Waals surface area contributed by atoms with Gasteiger partial charge < -0.3 is 10.0 Å². The van der Waals surface area contributed by atoms with Crippen molar-refractivity contribution >= 4 is 23.7 Å². The molecule has 0 aliphatic rings. The van der Waals surface area contributed by atoms with Gasteiger partial charge in [0.1, 0.15) is 0 Å². The fourth-order valence-electron chi connectivity index (χ4n) is 1.60. The fraction of sp³-hybridized carbons (Fsp3) is 0.727. The van der Waals surface area contributed by atoms with Crippen molar-refractivity contribution in [3.05, 3.63) is 0 Å². The van der Waals surface area contributed by atoms with Gasteiger partial charge in [-0.05, 0) is 13.8 Å². The minimum Gasteiger partial charge on any atom is -0.481 e. The van der Waals surface area contributed by atoms with E-state index >= 15 is 0 Å². The average molecular weight is 326 g/mol. The lowest BCUT2D eigenvalue weighted by molar-refractivity contribution is -0.134. The van der Waals surface area contributed by atoms with Gasteiger partial charge in [0.2, 0.25) is 5.95 Å². The number of rotatable bonds is 7. The summed E-state index contributed by atoms with van der Waals surface area (Å²) in [7, 11) is 1.50. The Morgan fingerprint density at radius 2 is 2.05 bits per heavy atom. The van der Waals surface area contributed by atoms with Gasteiger partial charge in [0.05, 0.1) is 12.2 Å². The first-order chi connectivity index (χ1) is 9.61. The molecule has 1 heterocycles. The van der Waals surface area contributed by atoms with Crippen LogP contribution in [0.15, 0.2) is 5.16 Å². The molecule has 0 aromatic carbocycles. The maximum atomic E-state index is 12.3. The highest BCUT2D eigenvalue weighted by molar-refractivity contribution is 7.99. The predicted octanol–water partition coefficient (Wildman–Crippen LogP) is 2.42. The first kappa shape index (κ1) is 17.6. The standard InChI is InChI=1S/C11H17F3N4O2S/c1-7(2)18-9(17(3)5-4-11(12,13)14)15-16-10(18)21-6-8(19)20/h7H,4-6H2,1-3H3,(H,19,20). The molecule has 1 N–H and O–H groups in total. The molecule has 0 saturated carbocycles. The van der Waals surface area contributed by atoms with Crippen LogP contribution in [0.3, 0.4) is 0 Å². The summed E-state index contributed by atoms with van der Waals surface area (Å²) in [5.41, 5.74) is 0. The van der Waals surface area contributed by atoms with Crippen LogP contribution in [0.2, 0.25) is 0 Å². The molecule has 10 heteroatoms. The van der Waals surface area contributed by atoms with E-state index < -0.39 is 18.6 Å². The molecule has 1 aromatic rings. The molecule has 0 unspecified atom stereocenters. The molecule has 0 fully saturated rings. The normalized spacial score (nSPS) is 12.0. The van der Waals surface area contributed by atoms with Crippen molar-refractivity contribution in [3.63, 3.8) is 0 Å². The van der Waals surface area contributed by atoms with E-state index in [4.69, 9.17) is 5.11 Å². The second-order valence-corrected chi connectivity index (χ2v) is 5.66. The molecule has 120 valence electrons.